The lowest BCUT2D eigenvalue weighted by molar-refractivity contribution is 1.37. The zero-order valence-electron chi connectivity index (χ0n) is 16.4. The molecular weight excluding hydrogens is 472 g/mol. The van der Waals surface area contributed by atoms with E-state index < -0.39 is 0 Å². The predicted octanol–water partition coefficient (Wildman–Crippen LogP) is 7.24. The first kappa shape index (κ1) is 20.5. The zero-order chi connectivity index (χ0) is 20.3. The fourth-order valence-electron chi connectivity index (χ4n) is 3.11. The van der Waals surface area contributed by atoms with Crippen molar-refractivity contribution >= 4 is 31.9 Å². The van der Waals surface area contributed by atoms with Gasteiger partial charge in [-0.2, -0.15) is 0 Å². The second kappa shape index (κ2) is 8.83. The van der Waals surface area contributed by atoms with Crippen LogP contribution in [0.3, 0.4) is 0 Å². The summed E-state index contributed by atoms with van der Waals surface area (Å²) in [5, 5.41) is 0. The molecule has 3 rings (SSSR count). The van der Waals surface area contributed by atoms with Crippen molar-refractivity contribution in [2.24, 2.45) is 0 Å². The van der Waals surface area contributed by atoms with Crippen LogP contribution in [0.4, 0.5) is 0 Å². The van der Waals surface area contributed by atoms with E-state index in [9.17, 15) is 0 Å². The van der Waals surface area contributed by atoms with Crippen LogP contribution in [-0.4, -0.2) is 0 Å². The highest BCUT2D eigenvalue weighted by atomic mass is 79.9. The van der Waals surface area contributed by atoms with Crippen molar-refractivity contribution in [3.05, 3.63) is 102 Å². The first-order chi connectivity index (χ1) is 13.3. The summed E-state index contributed by atoms with van der Waals surface area (Å²) in [7, 11) is 0. The summed E-state index contributed by atoms with van der Waals surface area (Å²) in [6.45, 7) is 8.37. The van der Waals surface area contributed by atoms with Gasteiger partial charge in [0, 0.05) is 31.2 Å². The van der Waals surface area contributed by atoms with E-state index in [-0.39, 0.29) is 0 Å². The molecule has 0 saturated carbocycles. The molecule has 28 heavy (non-hydrogen) atoms. The monoisotopic (exact) mass is 490 g/mol. The van der Waals surface area contributed by atoms with E-state index in [1.54, 1.807) is 0 Å². The molecule has 0 nitrogen and oxygen atoms in total. The highest BCUT2D eigenvalue weighted by Crippen LogP contribution is 2.25. The number of benzene rings is 3. The normalized spacial score (nSPS) is 9.93. The van der Waals surface area contributed by atoms with E-state index in [4.69, 9.17) is 0 Å². The Labute approximate surface area is 184 Å². The average molecular weight is 492 g/mol. The smallest absolute Gasteiger partial charge is 0.0404 e. The number of aryl methyl sites for hydroxylation is 4. The maximum Gasteiger partial charge on any atom is 0.0404 e. The minimum atomic E-state index is 0.923. The SMILES string of the molecule is Cc1cc(C)cc(C#Cc2cc(C#Cc3cc(C)cc(C)c3)c(Br)cc2Br)c1. The molecule has 0 aliphatic heterocycles. The van der Waals surface area contributed by atoms with Crippen molar-refractivity contribution in [1.29, 1.82) is 0 Å². The highest BCUT2D eigenvalue weighted by molar-refractivity contribution is 9.11. The number of hydrogen-bond acceptors (Lipinski definition) is 0. The first-order valence-electron chi connectivity index (χ1n) is 9.00. The van der Waals surface area contributed by atoms with Gasteiger partial charge in [0.2, 0.25) is 0 Å². The molecule has 2 heteroatoms. The fourth-order valence-corrected chi connectivity index (χ4v) is 4.31. The molecule has 0 aliphatic rings. The lowest BCUT2D eigenvalue weighted by atomic mass is 10.1. The van der Waals surface area contributed by atoms with Crippen LogP contribution in [0.5, 0.6) is 0 Å². The molecule has 0 heterocycles. The van der Waals surface area contributed by atoms with Crippen molar-refractivity contribution in [2.45, 2.75) is 27.7 Å². The summed E-state index contributed by atoms with van der Waals surface area (Å²) in [5.74, 6) is 13.1. The van der Waals surface area contributed by atoms with Crippen molar-refractivity contribution in [2.75, 3.05) is 0 Å². The predicted molar refractivity (Wildman–Crippen MR) is 126 cm³/mol. The first-order valence-corrected chi connectivity index (χ1v) is 10.6. The van der Waals surface area contributed by atoms with Gasteiger partial charge in [0.15, 0.2) is 0 Å². The second-order valence-corrected chi connectivity index (χ2v) is 8.77. The van der Waals surface area contributed by atoms with Crippen LogP contribution >= 0.6 is 31.9 Å². The fraction of sp³-hybridized carbons (Fsp3) is 0.154. The molecule has 0 unspecified atom stereocenters. The van der Waals surface area contributed by atoms with Gasteiger partial charge in [-0.25, -0.2) is 0 Å². The molecule has 0 aromatic heterocycles. The minimum Gasteiger partial charge on any atom is -0.0616 e. The lowest BCUT2D eigenvalue weighted by Crippen LogP contribution is -1.86. The Bertz CT molecular complexity index is 1050. The summed E-state index contributed by atoms with van der Waals surface area (Å²) in [6.07, 6.45) is 0. The molecule has 0 spiro atoms. The van der Waals surface area contributed by atoms with Gasteiger partial charge in [0.05, 0.1) is 0 Å². The highest BCUT2D eigenvalue weighted by Gasteiger charge is 2.04. The summed E-state index contributed by atoms with van der Waals surface area (Å²) >= 11 is 7.24. The molecule has 3 aromatic rings. The van der Waals surface area contributed by atoms with E-state index >= 15 is 0 Å². The van der Waals surface area contributed by atoms with E-state index in [0.717, 1.165) is 31.2 Å². The topological polar surface area (TPSA) is 0 Å². The van der Waals surface area contributed by atoms with E-state index in [1.807, 2.05) is 12.1 Å². The van der Waals surface area contributed by atoms with Crippen LogP contribution in [0.15, 0.2) is 57.5 Å². The zero-order valence-corrected chi connectivity index (χ0v) is 19.5. The largest absolute Gasteiger partial charge is 0.0616 e. The van der Waals surface area contributed by atoms with E-state index in [1.165, 1.54) is 22.3 Å². The van der Waals surface area contributed by atoms with Crippen LogP contribution in [0.1, 0.15) is 44.5 Å². The van der Waals surface area contributed by atoms with Crippen LogP contribution < -0.4 is 0 Å². The number of hydrogen-bond donors (Lipinski definition) is 0. The average Bonchev–Trinajstić information content (AvgIpc) is 2.58. The van der Waals surface area contributed by atoms with Crippen LogP contribution in [-0.2, 0) is 0 Å². The molecule has 0 fully saturated rings. The van der Waals surface area contributed by atoms with Crippen LogP contribution in [0.25, 0.3) is 0 Å². The molecule has 0 aliphatic carbocycles. The third-order valence-electron chi connectivity index (χ3n) is 4.18. The van der Waals surface area contributed by atoms with E-state index in [2.05, 4.69) is 120 Å². The van der Waals surface area contributed by atoms with Gasteiger partial charge in [-0.3, -0.25) is 0 Å². The Morgan fingerprint density at radius 2 is 0.821 bits per heavy atom. The third kappa shape index (κ3) is 5.39. The van der Waals surface area contributed by atoms with Gasteiger partial charge in [-0.15, -0.1) is 0 Å². The van der Waals surface area contributed by atoms with Gasteiger partial charge < -0.3 is 0 Å². The maximum absolute atomic E-state index is 3.62. The van der Waals surface area contributed by atoms with Gasteiger partial charge in [0.25, 0.3) is 0 Å². The summed E-state index contributed by atoms with van der Waals surface area (Å²) in [5.41, 5.74) is 8.78. The van der Waals surface area contributed by atoms with Crippen molar-refractivity contribution in [1.82, 2.24) is 0 Å². The summed E-state index contributed by atoms with van der Waals surface area (Å²) in [4.78, 5) is 0. The number of rotatable bonds is 0. The lowest BCUT2D eigenvalue weighted by Gasteiger charge is -2.02. The molecule has 0 bridgehead atoms. The Hall–Kier alpha value is -2.26. The molecule has 0 radical (unpaired) electrons. The molecular formula is C26H20Br2. The molecule has 3 aromatic carbocycles. The second-order valence-electron chi connectivity index (χ2n) is 7.06. The Balaban J connectivity index is 1.98. The standard InChI is InChI=1S/C26H20Br2/c1-17-9-18(2)12-21(11-17)5-7-23-15-24(26(28)16-25(23)27)8-6-22-13-19(3)10-20(4)14-22/h9-16H,1-4H3. The van der Waals surface area contributed by atoms with Crippen molar-refractivity contribution in [3.63, 3.8) is 0 Å². The van der Waals surface area contributed by atoms with Crippen LogP contribution in [0, 0.1) is 51.4 Å². The van der Waals surface area contributed by atoms with Crippen molar-refractivity contribution < 1.29 is 0 Å². The maximum atomic E-state index is 3.62. The van der Waals surface area contributed by atoms with Crippen molar-refractivity contribution in [3.8, 4) is 23.7 Å². The number of halogens is 2. The van der Waals surface area contributed by atoms with Gasteiger partial charge in [-0.1, -0.05) is 35.8 Å². The van der Waals surface area contributed by atoms with E-state index in [0.29, 0.717) is 0 Å². The van der Waals surface area contributed by atoms with Crippen LogP contribution in [0.2, 0.25) is 0 Å². The molecule has 0 N–H and O–H groups in total. The van der Waals surface area contributed by atoms with Gasteiger partial charge in [0.1, 0.15) is 0 Å². The quantitative estimate of drug-likeness (QED) is 0.290. The summed E-state index contributed by atoms with van der Waals surface area (Å²) < 4.78 is 1.90. The third-order valence-corrected chi connectivity index (χ3v) is 5.50. The van der Waals surface area contributed by atoms with Gasteiger partial charge in [-0.05, 0) is 118 Å². The molecule has 0 saturated heterocycles. The molecule has 138 valence electrons. The Morgan fingerprint density at radius 3 is 1.18 bits per heavy atom. The molecule has 0 amide bonds. The Kier molecular flexibility index (Phi) is 6.46. The van der Waals surface area contributed by atoms with Gasteiger partial charge >= 0.3 is 0 Å². The molecule has 0 atom stereocenters. The minimum absolute atomic E-state index is 0.923. The Morgan fingerprint density at radius 1 is 0.464 bits per heavy atom. The summed E-state index contributed by atoms with van der Waals surface area (Å²) in [6, 6.07) is 16.8.